The fraction of sp³-hybridized carbons (Fsp3) is 0.333. The number of methoxy groups -OCH3 is 1. The summed E-state index contributed by atoms with van der Waals surface area (Å²) in [5.41, 5.74) is 0.542. The number of sulfonamides is 1. The lowest BCUT2D eigenvalue weighted by molar-refractivity contribution is 0.217. The fourth-order valence-electron chi connectivity index (χ4n) is 0.879. The Hall–Kier alpha value is -1.07. The first kappa shape index (κ1) is 11.0. The Bertz CT molecular complexity index is 361. The zero-order valence-electron chi connectivity index (χ0n) is 7.86. The largest absolute Gasteiger partial charge is 0.384 e. The first-order valence-corrected chi connectivity index (χ1v) is 5.75. The van der Waals surface area contributed by atoms with E-state index in [-0.39, 0.29) is 12.4 Å². The highest BCUT2D eigenvalue weighted by molar-refractivity contribution is 7.92. The van der Waals surface area contributed by atoms with Crippen LogP contribution in [0.4, 0.5) is 5.69 Å². The van der Waals surface area contributed by atoms with Gasteiger partial charge in [-0.25, -0.2) is 8.42 Å². The Morgan fingerprint density at radius 2 is 2.07 bits per heavy atom. The van der Waals surface area contributed by atoms with Gasteiger partial charge in [0.05, 0.1) is 12.4 Å². The van der Waals surface area contributed by atoms with Crippen LogP contribution in [0, 0.1) is 6.07 Å². The van der Waals surface area contributed by atoms with Crippen LogP contribution in [0.25, 0.3) is 0 Å². The Morgan fingerprint density at radius 3 is 2.64 bits per heavy atom. The van der Waals surface area contributed by atoms with Gasteiger partial charge in [0.25, 0.3) is 0 Å². The third kappa shape index (κ3) is 3.76. The van der Waals surface area contributed by atoms with Gasteiger partial charge in [-0.1, -0.05) is 12.1 Å². The second-order valence-electron chi connectivity index (χ2n) is 2.70. The van der Waals surface area contributed by atoms with Crippen molar-refractivity contribution >= 4 is 15.7 Å². The lowest BCUT2D eigenvalue weighted by Gasteiger charge is -2.06. The predicted octanol–water partition coefficient (Wildman–Crippen LogP) is 0.875. The third-order valence-electron chi connectivity index (χ3n) is 1.55. The molecule has 5 heteroatoms. The molecule has 0 heterocycles. The number of anilines is 1. The minimum Gasteiger partial charge on any atom is -0.384 e. The standard InChI is InChI=1S/C9H12NO3S/c1-13-7-8-14(11,12)10-9-5-3-2-4-6-9/h3-6,10H,7-8H2,1H3. The maximum atomic E-state index is 11.4. The molecular weight excluding hydrogens is 202 g/mol. The average Bonchev–Trinajstić information content (AvgIpc) is 2.16. The van der Waals surface area contributed by atoms with Crippen LogP contribution >= 0.6 is 0 Å². The van der Waals surface area contributed by atoms with Crippen molar-refractivity contribution in [3.8, 4) is 0 Å². The maximum absolute atomic E-state index is 11.4. The number of hydrogen-bond acceptors (Lipinski definition) is 3. The molecule has 0 bridgehead atoms. The first-order chi connectivity index (χ1) is 6.64. The van der Waals surface area contributed by atoms with Gasteiger partial charge < -0.3 is 4.74 Å². The minimum absolute atomic E-state index is 0.0396. The molecule has 0 aliphatic rings. The van der Waals surface area contributed by atoms with Crippen LogP contribution in [-0.2, 0) is 14.8 Å². The van der Waals surface area contributed by atoms with Crippen molar-refractivity contribution in [3.63, 3.8) is 0 Å². The quantitative estimate of drug-likeness (QED) is 0.791. The molecule has 0 amide bonds. The summed E-state index contributed by atoms with van der Waals surface area (Å²) < 4.78 is 29.8. The molecule has 0 spiro atoms. The summed E-state index contributed by atoms with van der Waals surface area (Å²) in [5.74, 6) is -0.0396. The van der Waals surface area contributed by atoms with Gasteiger partial charge in [-0.2, -0.15) is 0 Å². The van der Waals surface area contributed by atoms with Gasteiger partial charge in [-0.3, -0.25) is 4.72 Å². The van der Waals surface area contributed by atoms with Crippen LogP contribution in [0.5, 0.6) is 0 Å². The van der Waals surface area contributed by atoms with Crippen molar-refractivity contribution < 1.29 is 13.2 Å². The molecule has 14 heavy (non-hydrogen) atoms. The molecule has 0 aliphatic carbocycles. The Morgan fingerprint density at radius 1 is 1.43 bits per heavy atom. The van der Waals surface area contributed by atoms with Crippen LogP contribution in [0.1, 0.15) is 0 Å². The van der Waals surface area contributed by atoms with Crippen molar-refractivity contribution in [1.82, 2.24) is 0 Å². The molecule has 77 valence electrons. The van der Waals surface area contributed by atoms with Crippen LogP contribution in [0.15, 0.2) is 24.3 Å². The van der Waals surface area contributed by atoms with E-state index in [9.17, 15) is 8.42 Å². The number of benzene rings is 1. The van der Waals surface area contributed by atoms with Crippen molar-refractivity contribution in [1.29, 1.82) is 0 Å². The smallest absolute Gasteiger partial charge is 0.234 e. The summed E-state index contributed by atoms with van der Waals surface area (Å²) in [4.78, 5) is 0. The van der Waals surface area contributed by atoms with Crippen LogP contribution in [0.3, 0.4) is 0 Å². The molecule has 0 aromatic heterocycles. The average molecular weight is 214 g/mol. The summed E-state index contributed by atoms with van der Waals surface area (Å²) in [6.45, 7) is 0.189. The Kier molecular flexibility index (Phi) is 3.91. The molecular formula is C9H12NO3S. The minimum atomic E-state index is -3.29. The third-order valence-corrected chi connectivity index (χ3v) is 2.80. The molecule has 1 aromatic rings. The normalized spacial score (nSPS) is 11.2. The fourth-order valence-corrected chi connectivity index (χ4v) is 1.86. The van der Waals surface area contributed by atoms with E-state index >= 15 is 0 Å². The van der Waals surface area contributed by atoms with E-state index in [4.69, 9.17) is 4.74 Å². The second kappa shape index (κ2) is 4.97. The number of rotatable bonds is 5. The molecule has 0 atom stereocenters. The Balaban J connectivity index is 2.60. The van der Waals surface area contributed by atoms with E-state index in [1.54, 1.807) is 24.3 Å². The van der Waals surface area contributed by atoms with E-state index in [2.05, 4.69) is 10.8 Å². The van der Waals surface area contributed by atoms with Gasteiger partial charge in [0.15, 0.2) is 0 Å². The molecule has 0 unspecified atom stereocenters. The highest BCUT2D eigenvalue weighted by Gasteiger charge is 2.08. The molecule has 1 radical (unpaired) electrons. The zero-order valence-corrected chi connectivity index (χ0v) is 8.67. The summed E-state index contributed by atoms with van der Waals surface area (Å²) in [5, 5.41) is 0. The molecule has 0 fully saturated rings. The van der Waals surface area contributed by atoms with Crippen molar-refractivity contribution in [2.24, 2.45) is 0 Å². The van der Waals surface area contributed by atoms with Gasteiger partial charge in [-0.05, 0) is 18.2 Å². The number of hydrogen-bond donors (Lipinski definition) is 1. The van der Waals surface area contributed by atoms with Crippen molar-refractivity contribution in [3.05, 3.63) is 30.3 Å². The molecule has 0 aliphatic heterocycles. The van der Waals surface area contributed by atoms with E-state index in [1.807, 2.05) is 0 Å². The second-order valence-corrected chi connectivity index (χ2v) is 4.54. The molecule has 0 saturated heterocycles. The maximum Gasteiger partial charge on any atom is 0.234 e. The summed E-state index contributed by atoms with van der Waals surface area (Å²) in [6, 6.07) is 9.38. The molecule has 0 saturated carbocycles. The zero-order chi connectivity index (χ0) is 10.4. The van der Waals surface area contributed by atoms with E-state index in [0.29, 0.717) is 5.69 Å². The van der Waals surface area contributed by atoms with Crippen LogP contribution in [0.2, 0.25) is 0 Å². The summed E-state index contributed by atoms with van der Waals surface area (Å²) in [7, 11) is -1.82. The number of nitrogens with one attached hydrogen (secondary N) is 1. The first-order valence-electron chi connectivity index (χ1n) is 4.09. The van der Waals surface area contributed by atoms with E-state index in [1.165, 1.54) is 7.11 Å². The summed E-state index contributed by atoms with van der Waals surface area (Å²) >= 11 is 0. The van der Waals surface area contributed by atoms with Gasteiger partial charge in [0.2, 0.25) is 10.0 Å². The lowest BCUT2D eigenvalue weighted by Crippen LogP contribution is -2.19. The molecule has 4 nitrogen and oxygen atoms in total. The van der Waals surface area contributed by atoms with Gasteiger partial charge >= 0.3 is 0 Å². The monoisotopic (exact) mass is 214 g/mol. The highest BCUT2D eigenvalue weighted by Crippen LogP contribution is 2.07. The topological polar surface area (TPSA) is 55.4 Å². The van der Waals surface area contributed by atoms with Gasteiger partial charge in [0.1, 0.15) is 0 Å². The van der Waals surface area contributed by atoms with Crippen LogP contribution < -0.4 is 4.72 Å². The van der Waals surface area contributed by atoms with Crippen LogP contribution in [-0.4, -0.2) is 27.9 Å². The Labute approximate surface area is 84.0 Å². The number of ether oxygens (including phenoxy) is 1. The highest BCUT2D eigenvalue weighted by atomic mass is 32.2. The summed E-state index contributed by atoms with van der Waals surface area (Å²) in [6.07, 6.45) is 0. The van der Waals surface area contributed by atoms with Crippen molar-refractivity contribution in [2.75, 3.05) is 24.2 Å². The molecule has 1 aromatic carbocycles. The van der Waals surface area contributed by atoms with E-state index < -0.39 is 10.0 Å². The van der Waals surface area contributed by atoms with E-state index in [0.717, 1.165) is 0 Å². The SMILES string of the molecule is COCCS(=O)(=O)Nc1cc[c]cc1. The lowest BCUT2D eigenvalue weighted by atomic mass is 10.3. The molecule has 1 N–H and O–H groups in total. The molecule has 1 rings (SSSR count). The van der Waals surface area contributed by atoms with Crippen molar-refractivity contribution in [2.45, 2.75) is 0 Å². The van der Waals surface area contributed by atoms with Gasteiger partial charge in [-0.15, -0.1) is 0 Å². The van der Waals surface area contributed by atoms with Gasteiger partial charge in [0, 0.05) is 12.8 Å². The predicted molar refractivity (Wildman–Crippen MR) is 54.6 cm³/mol.